The first kappa shape index (κ1) is 14.2. The number of fused-ring (bicyclic) bond motifs is 1. The van der Waals surface area contributed by atoms with Gasteiger partial charge in [-0.25, -0.2) is 0 Å². The highest BCUT2D eigenvalue weighted by Gasteiger charge is 2.08. The third-order valence-electron chi connectivity index (χ3n) is 2.85. The highest BCUT2D eigenvalue weighted by Crippen LogP contribution is 2.31. The minimum Gasteiger partial charge on any atom is -0.492 e. The molecular weight excluding hydrogens is 258 g/mol. The fourth-order valence-corrected chi connectivity index (χ4v) is 2.18. The topological polar surface area (TPSA) is 21.3 Å². The third kappa shape index (κ3) is 3.85. The minimum atomic E-state index is 0.116. The van der Waals surface area contributed by atoms with Crippen molar-refractivity contribution in [1.29, 1.82) is 0 Å². The van der Waals surface area contributed by atoms with Crippen LogP contribution >= 0.6 is 11.6 Å². The molecule has 0 aromatic heterocycles. The average Bonchev–Trinajstić information content (AvgIpc) is 2.36. The van der Waals surface area contributed by atoms with Crippen LogP contribution in [-0.2, 0) is 0 Å². The summed E-state index contributed by atoms with van der Waals surface area (Å²) in [6.45, 7) is 7.89. The first-order valence-corrected chi connectivity index (χ1v) is 6.90. The predicted octanol–water partition coefficient (Wildman–Crippen LogP) is 4.26. The molecule has 0 fully saturated rings. The standard InChI is InChI=1S/C16H20ClNO/c1-16(2,3)18-10-11-19-15-9-8-14(17)12-6-4-5-7-13(12)15/h4-9,18H,10-11H2,1-3H3. The van der Waals surface area contributed by atoms with Crippen molar-refractivity contribution < 1.29 is 4.74 Å². The van der Waals surface area contributed by atoms with E-state index in [0.29, 0.717) is 6.61 Å². The van der Waals surface area contributed by atoms with Crippen LogP contribution in [0, 0.1) is 0 Å². The van der Waals surface area contributed by atoms with Gasteiger partial charge in [-0.2, -0.15) is 0 Å². The van der Waals surface area contributed by atoms with Crippen LogP contribution in [0.2, 0.25) is 5.02 Å². The second kappa shape index (κ2) is 5.81. The predicted molar refractivity (Wildman–Crippen MR) is 82.2 cm³/mol. The second-order valence-corrected chi connectivity index (χ2v) is 6.02. The first-order valence-electron chi connectivity index (χ1n) is 6.52. The van der Waals surface area contributed by atoms with E-state index < -0.39 is 0 Å². The SMILES string of the molecule is CC(C)(C)NCCOc1ccc(Cl)c2ccccc12. The van der Waals surface area contributed by atoms with Crippen molar-refractivity contribution in [1.82, 2.24) is 5.32 Å². The Labute approximate surface area is 119 Å². The molecule has 2 aromatic carbocycles. The number of hydrogen-bond donors (Lipinski definition) is 1. The average molecular weight is 278 g/mol. The molecule has 0 aliphatic heterocycles. The summed E-state index contributed by atoms with van der Waals surface area (Å²) in [6.07, 6.45) is 0. The van der Waals surface area contributed by atoms with Crippen molar-refractivity contribution in [3.63, 3.8) is 0 Å². The van der Waals surface area contributed by atoms with E-state index in [2.05, 4.69) is 26.1 Å². The monoisotopic (exact) mass is 277 g/mol. The quantitative estimate of drug-likeness (QED) is 0.843. The largest absolute Gasteiger partial charge is 0.492 e. The Balaban J connectivity index is 2.07. The van der Waals surface area contributed by atoms with Crippen molar-refractivity contribution in [2.75, 3.05) is 13.2 Å². The lowest BCUT2D eigenvalue weighted by Crippen LogP contribution is -2.38. The zero-order valence-corrected chi connectivity index (χ0v) is 12.4. The summed E-state index contributed by atoms with van der Waals surface area (Å²) in [7, 11) is 0. The van der Waals surface area contributed by atoms with Gasteiger partial charge in [-0.1, -0.05) is 35.9 Å². The number of ether oxygens (including phenoxy) is 1. The maximum atomic E-state index is 6.18. The molecule has 2 aromatic rings. The van der Waals surface area contributed by atoms with Gasteiger partial charge in [0, 0.05) is 27.9 Å². The molecule has 0 heterocycles. The normalized spacial score (nSPS) is 11.8. The summed E-state index contributed by atoms with van der Waals surface area (Å²) in [5.41, 5.74) is 0.116. The van der Waals surface area contributed by atoms with E-state index in [1.807, 2.05) is 36.4 Å². The molecule has 0 radical (unpaired) electrons. The Kier molecular flexibility index (Phi) is 4.33. The van der Waals surface area contributed by atoms with E-state index in [1.165, 1.54) is 0 Å². The molecule has 0 atom stereocenters. The number of halogens is 1. The summed E-state index contributed by atoms with van der Waals surface area (Å²) in [5, 5.41) is 6.25. The molecule has 19 heavy (non-hydrogen) atoms. The van der Waals surface area contributed by atoms with Crippen LogP contribution < -0.4 is 10.1 Å². The van der Waals surface area contributed by atoms with Crippen molar-refractivity contribution in [2.24, 2.45) is 0 Å². The summed E-state index contributed by atoms with van der Waals surface area (Å²) in [4.78, 5) is 0. The number of nitrogens with one attached hydrogen (secondary N) is 1. The molecule has 0 aliphatic rings. The van der Waals surface area contributed by atoms with E-state index in [-0.39, 0.29) is 5.54 Å². The van der Waals surface area contributed by atoms with Gasteiger partial charge in [-0.05, 0) is 32.9 Å². The van der Waals surface area contributed by atoms with Crippen LogP contribution in [0.4, 0.5) is 0 Å². The maximum Gasteiger partial charge on any atom is 0.127 e. The van der Waals surface area contributed by atoms with Crippen molar-refractivity contribution in [3.8, 4) is 5.75 Å². The van der Waals surface area contributed by atoms with E-state index in [1.54, 1.807) is 0 Å². The minimum absolute atomic E-state index is 0.116. The molecule has 0 spiro atoms. The lowest BCUT2D eigenvalue weighted by atomic mass is 10.1. The van der Waals surface area contributed by atoms with Crippen LogP contribution in [0.1, 0.15) is 20.8 Å². The third-order valence-corrected chi connectivity index (χ3v) is 3.18. The van der Waals surface area contributed by atoms with Gasteiger partial charge in [0.2, 0.25) is 0 Å². The fourth-order valence-electron chi connectivity index (χ4n) is 1.95. The van der Waals surface area contributed by atoms with E-state index in [0.717, 1.165) is 28.1 Å². The Bertz CT molecular complexity index is 560. The molecule has 3 heteroatoms. The summed E-state index contributed by atoms with van der Waals surface area (Å²) in [6, 6.07) is 11.8. The Hall–Kier alpha value is -1.25. The van der Waals surface area contributed by atoms with E-state index >= 15 is 0 Å². The molecule has 2 nitrogen and oxygen atoms in total. The molecule has 0 aliphatic carbocycles. The van der Waals surface area contributed by atoms with Crippen molar-refractivity contribution >= 4 is 22.4 Å². The molecule has 0 unspecified atom stereocenters. The number of rotatable bonds is 4. The molecule has 0 bridgehead atoms. The molecule has 0 saturated carbocycles. The van der Waals surface area contributed by atoms with Crippen molar-refractivity contribution in [3.05, 3.63) is 41.4 Å². The molecule has 0 saturated heterocycles. The highest BCUT2D eigenvalue weighted by atomic mass is 35.5. The van der Waals surface area contributed by atoms with Gasteiger partial charge >= 0.3 is 0 Å². The fraction of sp³-hybridized carbons (Fsp3) is 0.375. The molecule has 102 valence electrons. The number of hydrogen-bond acceptors (Lipinski definition) is 2. The van der Waals surface area contributed by atoms with Crippen LogP contribution in [0.3, 0.4) is 0 Å². The zero-order chi connectivity index (χ0) is 13.9. The number of benzene rings is 2. The lowest BCUT2D eigenvalue weighted by Gasteiger charge is -2.20. The first-order chi connectivity index (χ1) is 8.97. The summed E-state index contributed by atoms with van der Waals surface area (Å²) < 4.78 is 5.85. The van der Waals surface area contributed by atoms with Gasteiger partial charge in [-0.15, -0.1) is 0 Å². The maximum absolute atomic E-state index is 6.18. The highest BCUT2D eigenvalue weighted by molar-refractivity contribution is 6.35. The van der Waals surface area contributed by atoms with Gasteiger partial charge in [0.05, 0.1) is 0 Å². The smallest absolute Gasteiger partial charge is 0.127 e. The van der Waals surface area contributed by atoms with Gasteiger partial charge in [0.1, 0.15) is 12.4 Å². The Morgan fingerprint density at radius 1 is 1.05 bits per heavy atom. The zero-order valence-electron chi connectivity index (χ0n) is 11.7. The second-order valence-electron chi connectivity index (χ2n) is 5.62. The van der Waals surface area contributed by atoms with Crippen molar-refractivity contribution in [2.45, 2.75) is 26.3 Å². The molecule has 1 N–H and O–H groups in total. The van der Waals surface area contributed by atoms with E-state index in [4.69, 9.17) is 16.3 Å². The lowest BCUT2D eigenvalue weighted by molar-refractivity contribution is 0.293. The Morgan fingerprint density at radius 2 is 1.74 bits per heavy atom. The van der Waals surface area contributed by atoms with Gasteiger partial charge in [0.15, 0.2) is 0 Å². The molecule has 0 amide bonds. The van der Waals surface area contributed by atoms with Crippen LogP contribution in [-0.4, -0.2) is 18.7 Å². The van der Waals surface area contributed by atoms with Crippen LogP contribution in [0.25, 0.3) is 10.8 Å². The Morgan fingerprint density at radius 3 is 2.42 bits per heavy atom. The van der Waals surface area contributed by atoms with Gasteiger partial charge < -0.3 is 10.1 Å². The van der Waals surface area contributed by atoms with Gasteiger partial charge in [-0.3, -0.25) is 0 Å². The van der Waals surface area contributed by atoms with E-state index in [9.17, 15) is 0 Å². The van der Waals surface area contributed by atoms with Crippen LogP contribution in [0.15, 0.2) is 36.4 Å². The van der Waals surface area contributed by atoms with Crippen LogP contribution in [0.5, 0.6) is 5.75 Å². The summed E-state index contributed by atoms with van der Waals surface area (Å²) >= 11 is 6.18. The molecule has 2 rings (SSSR count). The van der Waals surface area contributed by atoms with Gasteiger partial charge in [0.25, 0.3) is 0 Å². The summed E-state index contributed by atoms with van der Waals surface area (Å²) in [5.74, 6) is 0.885. The molecular formula is C16H20ClNO.